The van der Waals surface area contributed by atoms with Crippen LogP contribution in [-0.2, 0) is 33.9 Å². The Morgan fingerprint density at radius 1 is 0.700 bits per heavy atom. The van der Waals surface area contributed by atoms with Gasteiger partial charge in [-0.1, -0.05) is 130 Å². The summed E-state index contributed by atoms with van der Waals surface area (Å²) < 4.78 is 0. The first-order valence-corrected chi connectivity index (χ1v) is 17.9. The van der Waals surface area contributed by atoms with Gasteiger partial charge in [0.15, 0.2) is 0 Å². The fraction of sp³-hybridized carbons (Fsp3) is 0.395. The Labute approximate surface area is 313 Å². The first-order valence-electron chi connectivity index (χ1n) is 17.9. The van der Waals surface area contributed by atoms with E-state index in [-0.39, 0.29) is 38.6 Å². The number of rotatable bonds is 12. The molecule has 2 aliphatic heterocycles. The molecule has 0 radical (unpaired) electrons. The summed E-state index contributed by atoms with van der Waals surface area (Å²) in [5.74, 6) is 0. The largest absolute Gasteiger partial charge is 4.00 e. The molecule has 2 heterocycles. The molecule has 6 rings (SSSR count). The number of unbranched alkanes of at least 4 members (excludes halogenated alkanes) is 2. The first-order chi connectivity index (χ1) is 23.8. The molecule has 4 aromatic carbocycles. The number of anilines is 2. The molecule has 0 amide bonds. The van der Waals surface area contributed by atoms with Crippen molar-refractivity contribution in [1.29, 1.82) is 10.5 Å². The average Bonchev–Trinajstić information content (AvgIpc) is 3.86. The van der Waals surface area contributed by atoms with Crippen LogP contribution in [0.2, 0.25) is 0 Å². The van der Waals surface area contributed by atoms with Gasteiger partial charge >= 0.3 is 21.1 Å². The van der Waals surface area contributed by atoms with Crippen molar-refractivity contribution in [3.63, 3.8) is 0 Å². The third-order valence-corrected chi connectivity index (χ3v) is 10.3. The van der Waals surface area contributed by atoms with E-state index in [2.05, 4.69) is 123 Å². The van der Waals surface area contributed by atoms with Crippen LogP contribution in [0.1, 0.15) is 88.5 Å². The molecular weight excluding hydrogens is 796 g/mol. The van der Waals surface area contributed by atoms with E-state index < -0.39 is 0 Å². The van der Waals surface area contributed by atoms with Crippen molar-refractivity contribution < 1.29 is 21.1 Å². The second-order valence-corrected chi connectivity index (χ2v) is 14.0. The average molecular weight is 842 g/mol. The van der Waals surface area contributed by atoms with Crippen molar-refractivity contribution >= 4 is 11.4 Å². The summed E-state index contributed by atoms with van der Waals surface area (Å²) in [6, 6.07) is 36.6. The minimum absolute atomic E-state index is 0. The van der Waals surface area contributed by atoms with Gasteiger partial charge in [-0.15, -0.1) is 35.3 Å². The number of hydrogen-bond donors (Lipinski definition) is 0. The van der Waals surface area contributed by atoms with Gasteiger partial charge in [-0.3, -0.25) is 0 Å². The monoisotopic (exact) mass is 841 g/mol. The van der Waals surface area contributed by atoms with Crippen LogP contribution in [0.25, 0.3) is 33.1 Å². The van der Waals surface area contributed by atoms with E-state index in [1.165, 1.54) is 36.8 Å². The van der Waals surface area contributed by atoms with Crippen LogP contribution in [0.15, 0.2) is 72.8 Å². The molecular formula is C43H46N6Pt. The number of aryl methyl sites for hydroxylation is 2. The molecule has 0 N–H and O–H groups in total. The Kier molecular flexibility index (Phi) is 12.6. The van der Waals surface area contributed by atoms with Crippen molar-refractivity contribution in [3.8, 4) is 34.4 Å². The van der Waals surface area contributed by atoms with Crippen LogP contribution in [0.4, 0.5) is 11.4 Å². The van der Waals surface area contributed by atoms with Crippen LogP contribution in [0.3, 0.4) is 0 Å². The zero-order chi connectivity index (χ0) is 34.4. The van der Waals surface area contributed by atoms with Crippen LogP contribution in [-0.4, -0.2) is 25.2 Å². The quantitative estimate of drug-likeness (QED) is 0.133. The molecule has 2 unspecified atom stereocenters. The number of benzene rings is 4. The fourth-order valence-electron chi connectivity index (χ4n) is 7.07. The third kappa shape index (κ3) is 8.16. The van der Waals surface area contributed by atoms with E-state index in [0.29, 0.717) is 11.1 Å². The van der Waals surface area contributed by atoms with E-state index in [1.807, 2.05) is 0 Å². The van der Waals surface area contributed by atoms with E-state index >= 15 is 0 Å². The minimum Gasteiger partial charge on any atom is -0.567 e. The summed E-state index contributed by atoms with van der Waals surface area (Å²) in [4.78, 5) is 0. The van der Waals surface area contributed by atoms with Gasteiger partial charge in [0.1, 0.15) is 0 Å². The van der Waals surface area contributed by atoms with Crippen molar-refractivity contribution in [2.45, 2.75) is 91.1 Å². The van der Waals surface area contributed by atoms with E-state index in [9.17, 15) is 10.5 Å². The second-order valence-electron chi connectivity index (χ2n) is 14.0. The molecule has 2 saturated heterocycles. The predicted octanol–water partition coefficient (Wildman–Crippen LogP) is 10.5. The zero-order valence-corrected chi connectivity index (χ0v) is 31.9. The van der Waals surface area contributed by atoms with Crippen LogP contribution in [0.5, 0.6) is 0 Å². The minimum atomic E-state index is -0.170. The van der Waals surface area contributed by atoms with E-state index in [0.717, 1.165) is 72.4 Å². The summed E-state index contributed by atoms with van der Waals surface area (Å²) in [5, 5.41) is 23.9. The number of nitriles is 2. The molecule has 7 heteroatoms. The van der Waals surface area contributed by atoms with Crippen LogP contribution < -0.4 is 10.0 Å². The van der Waals surface area contributed by atoms with Gasteiger partial charge in [0.05, 0.1) is 0 Å². The Balaban J connectivity index is 0.00000486. The standard InChI is InChI=1S/C43H46N6.Pt/c1-5-7-9-31-11-15-33(16-12-31)39-27-37(21-19-35(39)29-44)48-25-23-41(46-48)43(3,4)42-24-26-49(47-42)38-22-20-36(30-45)40(28-38)34-17-13-32(14-18-34)10-8-6-2;/h11-20,27-28,41-42H,5-10,23-26H2,1-4H3;/q-4;+4. The van der Waals surface area contributed by atoms with Gasteiger partial charge in [-0.2, -0.15) is 24.3 Å². The molecule has 0 aliphatic carbocycles. The molecule has 2 aliphatic rings. The first kappa shape index (κ1) is 37.3. The SMILES string of the molecule is CCCCc1ccc(-c2cc(N3CCC(C(C)(C)C4CCN(c5[c-]cc(C#N)c(-c6ccc(CCCC)cc6)c5)[N-]4)[N-]3)[c-]cc2C#N)cc1.[Pt+4]. The Morgan fingerprint density at radius 3 is 1.46 bits per heavy atom. The molecule has 2 atom stereocenters. The van der Waals surface area contributed by atoms with Crippen molar-refractivity contribution in [2.24, 2.45) is 5.41 Å². The van der Waals surface area contributed by atoms with Gasteiger partial charge in [0.2, 0.25) is 0 Å². The van der Waals surface area contributed by atoms with Crippen molar-refractivity contribution in [1.82, 2.24) is 0 Å². The second kappa shape index (κ2) is 16.9. The maximum absolute atomic E-state index is 9.88. The topological polar surface area (TPSA) is 82.3 Å². The molecule has 6 nitrogen and oxygen atoms in total. The van der Waals surface area contributed by atoms with Crippen molar-refractivity contribution in [3.05, 3.63) is 118 Å². The Hall–Kier alpha value is -3.93. The van der Waals surface area contributed by atoms with Crippen LogP contribution >= 0.6 is 0 Å². The van der Waals surface area contributed by atoms with E-state index in [1.54, 1.807) is 12.1 Å². The summed E-state index contributed by atoms with van der Waals surface area (Å²) in [7, 11) is 0. The van der Waals surface area contributed by atoms with Gasteiger partial charge in [-0.25, -0.2) is 10.5 Å². The molecule has 0 bridgehead atoms. The molecule has 2 fully saturated rings. The Bertz CT molecular complexity index is 1690. The number of nitrogens with zero attached hydrogens (tertiary/aromatic N) is 6. The van der Waals surface area contributed by atoms with E-state index in [4.69, 9.17) is 10.9 Å². The maximum Gasteiger partial charge on any atom is 4.00 e. The van der Waals surface area contributed by atoms with Crippen LogP contribution in [0, 0.1) is 40.2 Å². The molecule has 4 aromatic rings. The van der Waals surface area contributed by atoms with Gasteiger partial charge in [0.25, 0.3) is 0 Å². The molecule has 50 heavy (non-hydrogen) atoms. The van der Waals surface area contributed by atoms with Gasteiger partial charge in [-0.05, 0) is 61.0 Å². The summed E-state index contributed by atoms with van der Waals surface area (Å²) in [6.45, 7) is 10.6. The Morgan fingerprint density at radius 2 is 1.10 bits per heavy atom. The molecule has 258 valence electrons. The molecule has 0 aromatic heterocycles. The fourth-order valence-corrected chi connectivity index (χ4v) is 7.07. The third-order valence-electron chi connectivity index (χ3n) is 10.3. The summed E-state index contributed by atoms with van der Waals surface area (Å²) >= 11 is 0. The normalized spacial score (nSPS) is 17.3. The zero-order valence-electron chi connectivity index (χ0n) is 29.7. The molecule has 0 spiro atoms. The predicted molar refractivity (Wildman–Crippen MR) is 200 cm³/mol. The number of hydrogen-bond acceptors (Lipinski definition) is 4. The van der Waals surface area contributed by atoms with Gasteiger partial charge < -0.3 is 20.9 Å². The molecule has 0 saturated carbocycles. The summed E-state index contributed by atoms with van der Waals surface area (Å²) in [6.07, 6.45) is 8.70. The van der Waals surface area contributed by atoms with Crippen molar-refractivity contribution in [2.75, 3.05) is 23.1 Å². The van der Waals surface area contributed by atoms with Gasteiger partial charge in [0, 0.05) is 12.1 Å². The maximum atomic E-state index is 9.88. The summed E-state index contributed by atoms with van der Waals surface area (Å²) in [5.41, 5.74) is 19.9. The smallest absolute Gasteiger partial charge is 0.567 e.